The zero-order valence-corrected chi connectivity index (χ0v) is 22.4. The molecule has 4 aromatic carbocycles. The van der Waals surface area contributed by atoms with Crippen LogP contribution in [0.1, 0.15) is 72.1 Å². The van der Waals surface area contributed by atoms with E-state index in [0.29, 0.717) is 34.0 Å². The Labute approximate surface area is 233 Å². The molecule has 0 saturated carbocycles. The minimum atomic E-state index is -0.520. The molecule has 8 nitrogen and oxygen atoms in total. The Kier molecular flexibility index (Phi) is 9.72. The predicted octanol–water partition coefficient (Wildman–Crippen LogP) is 5.50. The summed E-state index contributed by atoms with van der Waals surface area (Å²) in [6.45, 7) is 0. The molecule has 8 heteroatoms. The summed E-state index contributed by atoms with van der Waals surface area (Å²) in [4.78, 5) is 50.1. The summed E-state index contributed by atoms with van der Waals surface area (Å²) in [6.07, 6.45) is 4.99. The molecule has 0 aliphatic rings. The summed E-state index contributed by atoms with van der Waals surface area (Å²) in [7, 11) is 0. The van der Waals surface area contributed by atoms with E-state index in [1.807, 2.05) is 60.7 Å². The number of nitrogens with two attached hydrogens (primary N) is 2. The topological polar surface area (TPSA) is 127 Å². The maximum Gasteiger partial charge on any atom is 0.274 e. The first kappa shape index (κ1) is 28.6. The van der Waals surface area contributed by atoms with Crippen molar-refractivity contribution >= 4 is 45.2 Å². The quantitative estimate of drug-likeness (QED) is 0.112. The van der Waals surface area contributed by atoms with Crippen molar-refractivity contribution in [3.05, 3.63) is 96.1 Å². The number of fused-ring (bicyclic) bond motifs is 2. The number of benzene rings is 4. The highest BCUT2D eigenvalue weighted by Crippen LogP contribution is 2.18. The Morgan fingerprint density at radius 2 is 0.825 bits per heavy atom. The van der Waals surface area contributed by atoms with Gasteiger partial charge in [-0.2, -0.15) is 0 Å². The predicted molar refractivity (Wildman–Crippen MR) is 156 cm³/mol. The number of imide groups is 2. The van der Waals surface area contributed by atoms with Crippen molar-refractivity contribution in [2.45, 2.75) is 51.4 Å². The number of carbonyl (C=O) groups excluding carboxylic acids is 4. The normalized spacial score (nSPS) is 10.9. The van der Waals surface area contributed by atoms with Crippen molar-refractivity contribution in [2.24, 2.45) is 11.7 Å². The van der Waals surface area contributed by atoms with E-state index in [-0.39, 0.29) is 12.8 Å². The Morgan fingerprint density at radius 3 is 1.23 bits per heavy atom. The lowest BCUT2D eigenvalue weighted by Gasteiger charge is -2.15. The van der Waals surface area contributed by atoms with Gasteiger partial charge >= 0.3 is 0 Å². The van der Waals surface area contributed by atoms with Crippen LogP contribution in [-0.2, 0) is 9.59 Å². The minimum absolute atomic E-state index is 0.188. The van der Waals surface area contributed by atoms with Crippen LogP contribution in [0.3, 0.4) is 0 Å². The second-order valence-corrected chi connectivity index (χ2v) is 9.88. The molecule has 0 aliphatic carbocycles. The summed E-state index contributed by atoms with van der Waals surface area (Å²) >= 11 is 0. The fraction of sp³-hybridized carbons (Fsp3) is 0.250. The van der Waals surface area contributed by atoms with Crippen LogP contribution >= 0.6 is 0 Å². The number of hydrogen-bond acceptors (Lipinski definition) is 6. The molecule has 0 saturated heterocycles. The van der Waals surface area contributed by atoms with Gasteiger partial charge in [-0.05, 0) is 58.7 Å². The first-order valence-corrected chi connectivity index (χ1v) is 13.6. The van der Waals surface area contributed by atoms with E-state index < -0.39 is 23.6 Å². The third kappa shape index (κ3) is 7.16. The summed E-state index contributed by atoms with van der Waals surface area (Å²) in [5.41, 5.74) is 0.748. The number of hydrogen-bond donors (Lipinski definition) is 2. The van der Waals surface area contributed by atoms with E-state index in [0.717, 1.165) is 47.2 Å². The summed E-state index contributed by atoms with van der Waals surface area (Å²) in [5, 5.41) is 5.24. The lowest BCUT2D eigenvalue weighted by Crippen LogP contribution is -2.42. The van der Waals surface area contributed by atoms with Crippen LogP contribution in [0, 0.1) is 0 Å². The van der Waals surface area contributed by atoms with Gasteiger partial charge in [-0.25, -0.2) is 21.7 Å². The SMILES string of the molecule is NN(C(=O)CCCCCCCCC(=O)N(N)C(=O)c1ccc2ccccc2c1)C(=O)c1ccc2ccccc2c1. The molecule has 0 radical (unpaired) electrons. The van der Waals surface area contributed by atoms with E-state index in [4.69, 9.17) is 11.7 Å². The van der Waals surface area contributed by atoms with E-state index >= 15 is 0 Å². The first-order valence-electron chi connectivity index (χ1n) is 13.6. The van der Waals surface area contributed by atoms with Crippen LogP contribution in [0.25, 0.3) is 21.5 Å². The first-order chi connectivity index (χ1) is 19.3. The third-order valence-corrected chi connectivity index (χ3v) is 7.00. The Bertz CT molecular complexity index is 1420. The summed E-state index contributed by atoms with van der Waals surface area (Å²) < 4.78 is 0. The number of hydrazine groups is 2. The molecule has 40 heavy (non-hydrogen) atoms. The highest BCUT2D eigenvalue weighted by Gasteiger charge is 2.20. The number of amides is 4. The Morgan fingerprint density at radius 1 is 0.475 bits per heavy atom. The van der Waals surface area contributed by atoms with Gasteiger partial charge in [0.15, 0.2) is 0 Å². The Balaban J connectivity index is 1.11. The van der Waals surface area contributed by atoms with Crippen LogP contribution < -0.4 is 11.7 Å². The second-order valence-electron chi connectivity index (χ2n) is 9.88. The third-order valence-electron chi connectivity index (χ3n) is 7.00. The number of nitrogens with zero attached hydrogens (tertiary/aromatic N) is 2. The molecule has 4 aromatic rings. The van der Waals surface area contributed by atoms with E-state index in [1.165, 1.54) is 0 Å². The van der Waals surface area contributed by atoms with Crippen molar-refractivity contribution in [2.75, 3.05) is 0 Å². The lowest BCUT2D eigenvalue weighted by atomic mass is 10.1. The van der Waals surface area contributed by atoms with Gasteiger partial charge in [0.25, 0.3) is 11.8 Å². The highest BCUT2D eigenvalue weighted by molar-refractivity contribution is 6.06. The average Bonchev–Trinajstić information content (AvgIpc) is 3.00. The van der Waals surface area contributed by atoms with Crippen LogP contribution in [0.5, 0.6) is 0 Å². The summed E-state index contributed by atoms with van der Waals surface area (Å²) in [5.74, 6) is 9.77. The highest BCUT2D eigenvalue weighted by atomic mass is 16.2. The number of rotatable bonds is 11. The molecule has 0 bridgehead atoms. The summed E-state index contributed by atoms with van der Waals surface area (Å²) in [6, 6.07) is 25.8. The molecule has 0 aromatic heterocycles. The molecule has 0 atom stereocenters. The van der Waals surface area contributed by atoms with Crippen molar-refractivity contribution in [3.63, 3.8) is 0 Å². The molecule has 4 rings (SSSR count). The smallest absolute Gasteiger partial charge is 0.273 e. The van der Waals surface area contributed by atoms with Gasteiger partial charge in [0.2, 0.25) is 11.8 Å². The monoisotopic (exact) mass is 538 g/mol. The standard InChI is InChI=1S/C32H34N4O4/c33-35(31(39)27-19-17-23-11-7-9-13-25(23)21-27)29(37)15-5-3-1-2-4-6-16-30(38)36(34)32(40)28-20-18-24-12-8-10-14-26(24)22-28/h7-14,17-22H,1-6,15-16,33-34H2. The fourth-order valence-electron chi connectivity index (χ4n) is 4.65. The molecular weight excluding hydrogens is 504 g/mol. The number of unbranched alkanes of at least 4 members (excludes halogenated alkanes) is 5. The molecule has 206 valence electrons. The van der Waals surface area contributed by atoms with E-state index in [2.05, 4.69) is 0 Å². The van der Waals surface area contributed by atoms with Gasteiger partial charge in [-0.15, -0.1) is 0 Å². The van der Waals surface area contributed by atoms with Crippen LogP contribution in [-0.4, -0.2) is 33.6 Å². The van der Waals surface area contributed by atoms with Crippen LogP contribution in [0.15, 0.2) is 84.9 Å². The van der Waals surface area contributed by atoms with Crippen molar-refractivity contribution in [3.8, 4) is 0 Å². The average molecular weight is 539 g/mol. The fourth-order valence-corrected chi connectivity index (χ4v) is 4.65. The van der Waals surface area contributed by atoms with Gasteiger partial charge < -0.3 is 0 Å². The van der Waals surface area contributed by atoms with Gasteiger partial charge in [0.1, 0.15) is 0 Å². The van der Waals surface area contributed by atoms with Gasteiger partial charge in [-0.3, -0.25) is 19.2 Å². The zero-order chi connectivity index (χ0) is 28.5. The molecule has 0 fully saturated rings. The molecule has 0 spiro atoms. The van der Waals surface area contributed by atoms with E-state index in [9.17, 15) is 19.2 Å². The largest absolute Gasteiger partial charge is 0.274 e. The maximum absolute atomic E-state index is 12.6. The minimum Gasteiger partial charge on any atom is -0.273 e. The van der Waals surface area contributed by atoms with Gasteiger partial charge in [0.05, 0.1) is 0 Å². The van der Waals surface area contributed by atoms with E-state index in [1.54, 1.807) is 24.3 Å². The van der Waals surface area contributed by atoms with Crippen molar-refractivity contribution in [1.29, 1.82) is 0 Å². The molecule has 0 heterocycles. The number of carbonyl (C=O) groups is 4. The second kappa shape index (κ2) is 13.6. The van der Waals surface area contributed by atoms with Crippen molar-refractivity contribution in [1.82, 2.24) is 10.0 Å². The van der Waals surface area contributed by atoms with Crippen molar-refractivity contribution < 1.29 is 19.2 Å². The molecule has 4 amide bonds. The molecule has 4 N–H and O–H groups in total. The lowest BCUT2D eigenvalue weighted by molar-refractivity contribution is -0.129. The van der Waals surface area contributed by atoms with Crippen LogP contribution in [0.2, 0.25) is 0 Å². The van der Waals surface area contributed by atoms with Gasteiger partial charge in [-0.1, -0.05) is 86.3 Å². The van der Waals surface area contributed by atoms with Crippen LogP contribution in [0.4, 0.5) is 0 Å². The van der Waals surface area contributed by atoms with Gasteiger partial charge in [0, 0.05) is 24.0 Å². The zero-order valence-electron chi connectivity index (χ0n) is 22.4. The molecular formula is C32H34N4O4. The maximum atomic E-state index is 12.6. The molecule has 0 unspecified atom stereocenters. The molecule has 0 aliphatic heterocycles. The Hall–Kier alpha value is -4.40.